The monoisotopic (exact) mass is 336 g/mol. The van der Waals surface area contributed by atoms with Crippen molar-refractivity contribution >= 4 is 15.8 Å². The summed E-state index contributed by atoms with van der Waals surface area (Å²) in [6.45, 7) is 0.190. The van der Waals surface area contributed by atoms with Gasteiger partial charge in [0.05, 0.1) is 17.9 Å². The Balaban J connectivity index is 1.87. The van der Waals surface area contributed by atoms with Gasteiger partial charge in [-0.05, 0) is 35.4 Å². The molecule has 2 aromatic rings. The number of rotatable bonds is 6. The van der Waals surface area contributed by atoms with E-state index < -0.39 is 15.8 Å². The summed E-state index contributed by atoms with van der Waals surface area (Å²) in [6.07, 6.45) is 1.66. The highest BCUT2D eigenvalue weighted by molar-refractivity contribution is 7.89. The number of ether oxygens (including phenoxy) is 1. The average Bonchev–Trinajstić information content (AvgIpc) is 2.48. The minimum atomic E-state index is -3.10. The number of hydrogen-bond acceptors (Lipinski definition) is 4. The van der Waals surface area contributed by atoms with Crippen molar-refractivity contribution in [3.63, 3.8) is 0 Å². The van der Waals surface area contributed by atoms with Crippen molar-refractivity contribution in [1.82, 2.24) is 0 Å². The van der Waals surface area contributed by atoms with Gasteiger partial charge in [0.2, 0.25) is 0 Å². The van der Waals surface area contributed by atoms with Crippen molar-refractivity contribution in [1.29, 1.82) is 0 Å². The lowest BCUT2D eigenvalue weighted by Crippen LogP contribution is -2.08. The van der Waals surface area contributed by atoms with E-state index in [-0.39, 0.29) is 18.2 Å². The average molecular weight is 336 g/mol. The molecule has 4 nitrogen and oxygen atoms in total. The Labute approximate surface area is 134 Å². The first-order valence-corrected chi connectivity index (χ1v) is 9.08. The molecule has 0 fully saturated rings. The minimum absolute atomic E-state index is 0.0626. The van der Waals surface area contributed by atoms with E-state index in [1.54, 1.807) is 36.4 Å². The van der Waals surface area contributed by atoms with E-state index in [4.69, 9.17) is 4.74 Å². The van der Waals surface area contributed by atoms with E-state index in [0.717, 1.165) is 11.8 Å². The zero-order valence-electron chi connectivity index (χ0n) is 12.7. The predicted octanol–water partition coefficient (Wildman–Crippen LogP) is 2.77. The molecule has 0 aliphatic heterocycles. The maximum atomic E-state index is 12.8. The van der Waals surface area contributed by atoms with E-state index in [1.807, 2.05) is 0 Å². The lowest BCUT2D eigenvalue weighted by atomic mass is 10.1. The van der Waals surface area contributed by atoms with Crippen molar-refractivity contribution in [3.05, 3.63) is 71.0 Å². The van der Waals surface area contributed by atoms with Crippen LogP contribution >= 0.6 is 0 Å². The van der Waals surface area contributed by atoms with Crippen LogP contribution in [0.25, 0.3) is 0 Å². The van der Waals surface area contributed by atoms with Gasteiger partial charge in [-0.25, -0.2) is 17.6 Å². The standard InChI is InChI=1S/C17H17FO4S/c1-23(20,21)12-14-2-6-15(7-3-14)17(19)22-11-10-13-4-8-16(18)9-5-13/h2-9H,10-12H2,1H3. The molecule has 0 heterocycles. The molecule has 0 saturated heterocycles. The number of sulfone groups is 1. The summed E-state index contributed by atoms with van der Waals surface area (Å²) < 4.78 is 40.3. The van der Waals surface area contributed by atoms with Crippen LogP contribution in [0.2, 0.25) is 0 Å². The molecule has 0 spiro atoms. The van der Waals surface area contributed by atoms with Crippen molar-refractivity contribution < 1.29 is 22.3 Å². The SMILES string of the molecule is CS(=O)(=O)Cc1ccc(C(=O)OCCc2ccc(F)cc2)cc1. The lowest BCUT2D eigenvalue weighted by molar-refractivity contribution is 0.0509. The topological polar surface area (TPSA) is 60.4 Å². The summed E-state index contributed by atoms with van der Waals surface area (Å²) in [5.41, 5.74) is 1.86. The number of hydrogen-bond donors (Lipinski definition) is 0. The third-order valence-corrected chi connectivity index (χ3v) is 4.01. The molecule has 0 aliphatic rings. The van der Waals surface area contributed by atoms with Gasteiger partial charge in [-0.2, -0.15) is 0 Å². The quantitative estimate of drug-likeness (QED) is 0.761. The molecule has 0 aromatic heterocycles. The second-order valence-corrected chi connectivity index (χ2v) is 7.42. The molecule has 23 heavy (non-hydrogen) atoms. The first kappa shape index (κ1) is 17.1. The second kappa shape index (κ2) is 7.37. The molecule has 0 bridgehead atoms. The molecule has 6 heteroatoms. The maximum absolute atomic E-state index is 12.8. The van der Waals surface area contributed by atoms with E-state index in [1.165, 1.54) is 12.1 Å². The Kier molecular flexibility index (Phi) is 5.50. The first-order valence-electron chi connectivity index (χ1n) is 7.02. The Morgan fingerprint density at radius 2 is 1.57 bits per heavy atom. The fourth-order valence-corrected chi connectivity index (χ4v) is 2.83. The van der Waals surface area contributed by atoms with Crippen molar-refractivity contribution in [2.24, 2.45) is 0 Å². The third kappa shape index (κ3) is 5.83. The molecule has 0 radical (unpaired) electrons. The Hall–Kier alpha value is -2.21. The van der Waals surface area contributed by atoms with Gasteiger partial charge in [0.15, 0.2) is 9.84 Å². The predicted molar refractivity (Wildman–Crippen MR) is 85.4 cm³/mol. The zero-order valence-corrected chi connectivity index (χ0v) is 13.5. The number of halogens is 1. The van der Waals surface area contributed by atoms with Crippen LogP contribution in [-0.2, 0) is 26.7 Å². The Morgan fingerprint density at radius 1 is 1.00 bits per heavy atom. The largest absolute Gasteiger partial charge is 0.462 e. The number of carbonyl (C=O) groups is 1. The van der Waals surface area contributed by atoms with Gasteiger partial charge in [0.25, 0.3) is 0 Å². The summed E-state index contributed by atoms with van der Waals surface area (Å²) in [5, 5.41) is 0. The highest BCUT2D eigenvalue weighted by Gasteiger charge is 2.09. The highest BCUT2D eigenvalue weighted by Crippen LogP contribution is 2.10. The van der Waals surface area contributed by atoms with Gasteiger partial charge in [-0.15, -0.1) is 0 Å². The molecule has 0 atom stereocenters. The first-order chi connectivity index (χ1) is 10.8. The normalized spacial score (nSPS) is 11.2. The van der Waals surface area contributed by atoms with Gasteiger partial charge >= 0.3 is 5.97 Å². The Morgan fingerprint density at radius 3 is 2.13 bits per heavy atom. The fraction of sp³-hybridized carbons (Fsp3) is 0.235. The van der Waals surface area contributed by atoms with Gasteiger partial charge < -0.3 is 4.74 Å². The van der Waals surface area contributed by atoms with Crippen LogP contribution in [0.4, 0.5) is 4.39 Å². The fourth-order valence-electron chi connectivity index (χ4n) is 2.04. The van der Waals surface area contributed by atoms with Crippen LogP contribution in [-0.4, -0.2) is 27.2 Å². The zero-order chi connectivity index (χ0) is 16.9. The summed E-state index contributed by atoms with van der Waals surface area (Å²) >= 11 is 0. The van der Waals surface area contributed by atoms with Gasteiger partial charge in [0, 0.05) is 12.7 Å². The molecule has 0 amide bonds. The lowest BCUT2D eigenvalue weighted by Gasteiger charge is -2.06. The molecule has 0 aliphatic carbocycles. The van der Waals surface area contributed by atoms with E-state index in [9.17, 15) is 17.6 Å². The van der Waals surface area contributed by atoms with Crippen LogP contribution in [0.5, 0.6) is 0 Å². The molecule has 0 unspecified atom stereocenters. The molecule has 0 N–H and O–H groups in total. The molecular formula is C17H17FO4S. The van der Waals surface area contributed by atoms with Gasteiger partial charge in [-0.3, -0.25) is 0 Å². The van der Waals surface area contributed by atoms with Crippen LogP contribution < -0.4 is 0 Å². The molecule has 2 rings (SSSR count). The minimum Gasteiger partial charge on any atom is -0.462 e. The molecular weight excluding hydrogens is 319 g/mol. The van der Waals surface area contributed by atoms with E-state index in [2.05, 4.69) is 0 Å². The van der Waals surface area contributed by atoms with Gasteiger partial charge in [0.1, 0.15) is 5.82 Å². The van der Waals surface area contributed by atoms with Crippen LogP contribution in [0.3, 0.4) is 0 Å². The highest BCUT2D eigenvalue weighted by atomic mass is 32.2. The number of benzene rings is 2. The van der Waals surface area contributed by atoms with Crippen LogP contribution in [0.1, 0.15) is 21.5 Å². The summed E-state index contributed by atoms with van der Waals surface area (Å²) in [7, 11) is -3.10. The summed E-state index contributed by atoms with van der Waals surface area (Å²) in [6, 6.07) is 12.3. The Bertz CT molecular complexity index is 765. The summed E-state index contributed by atoms with van der Waals surface area (Å²) in [5.74, 6) is -0.842. The molecule has 0 saturated carbocycles. The van der Waals surface area contributed by atoms with Gasteiger partial charge in [-0.1, -0.05) is 24.3 Å². The van der Waals surface area contributed by atoms with Crippen LogP contribution in [0.15, 0.2) is 48.5 Å². The van der Waals surface area contributed by atoms with Crippen molar-refractivity contribution in [2.45, 2.75) is 12.2 Å². The smallest absolute Gasteiger partial charge is 0.338 e. The summed E-state index contributed by atoms with van der Waals surface area (Å²) in [4.78, 5) is 11.9. The third-order valence-electron chi connectivity index (χ3n) is 3.16. The van der Waals surface area contributed by atoms with Crippen molar-refractivity contribution in [2.75, 3.05) is 12.9 Å². The van der Waals surface area contributed by atoms with E-state index >= 15 is 0 Å². The van der Waals surface area contributed by atoms with Crippen LogP contribution in [0, 0.1) is 5.82 Å². The maximum Gasteiger partial charge on any atom is 0.338 e. The van der Waals surface area contributed by atoms with E-state index in [0.29, 0.717) is 17.5 Å². The molecule has 122 valence electrons. The number of carbonyl (C=O) groups excluding carboxylic acids is 1. The number of esters is 1. The second-order valence-electron chi connectivity index (χ2n) is 5.28. The molecule has 2 aromatic carbocycles. The van der Waals surface area contributed by atoms with Crippen molar-refractivity contribution in [3.8, 4) is 0 Å².